The van der Waals surface area contributed by atoms with Crippen LogP contribution in [0.3, 0.4) is 0 Å². The molecule has 1 saturated carbocycles. The van der Waals surface area contributed by atoms with Crippen molar-refractivity contribution in [2.24, 2.45) is 5.92 Å². The SMILES string of the molecule is O=S(=O)(Cl)c1cccnc1OCC1CC1. The third-order valence-electron chi connectivity index (χ3n) is 2.15. The van der Waals surface area contributed by atoms with Gasteiger partial charge in [0.1, 0.15) is 4.90 Å². The lowest BCUT2D eigenvalue weighted by molar-refractivity contribution is 0.280. The monoisotopic (exact) mass is 247 g/mol. The van der Waals surface area contributed by atoms with E-state index in [1.165, 1.54) is 18.3 Å². The zero-order chi connectivity index (χ0) is 10.9. The van der Waals surface area contributed by atoms with E-state index in [1.54, 1.807) is 0 Å². The van der Waals surface area contributed by atoms with Crippen LogP contribution in [0, 0.1) is 5.92 Å². The van der Waals surface area contributed by atoms with Gasteiger partial charge >= 0.3 is 0 Å². The van der Waals surface area contributed by atoms with Gasteiger partial charge in [0.2, 0.25) is 5.88 Å². The highest BCUT2D eigenvalue weighted by Crippen LogP contribution is 2.31. The molecule has 0 unspecified atom stereocenters. The summed E-state index contributed by atoms with van der Waals surface area (Å²) in [7, 11) is 1.47. The molecule has 6 heteroatoms. The molecule has 1 heterocycles. The number of aromatic nitrogens is 1. The highest BCUT2D eigenvalue weighted by molar-refractivity contribution is 8.13. The average molecular weight is 248 g/mol. The van der Waals surface area contributed by atoms with Crippen molar-refractivity contribution in [2.75, 3.05) is 6.61 Å². The summed E-state index contributed by atoms with van der Waals surface area (Å²) in [5, 5.41) is 0. The lowest BCUT2D eigenvalue weighted by Gasteiger charge is -2.06. The van der Waals surface area contributed by atoms with Crippen molar-refractivity contribution in [1.82, 2.24) is 4.98 Å². The van der Waals surface area contributed by atoms with E-state index < -0.39 is 9.05 Å². The second-order valence-electron chi connectivity index (χ2n) is 3.50. The maximum Gasteiger partial charge on any atom is 0.266 e. The van der Waals surface area contributed by atoms with Crippen LogP contribution >= 0.6 is 10.7 Å². The highest BCUT2D eigenvalue weighted by Gasteiger charge is 2.24. The Bertz CT molecular complexity index is 456. The standard InChI is InChI=1S/C9H10ClNO3S/c10-15(12,13)8-2-1-5-11-9(8)14-6-7-3-4-7/h1-2,5,7H,3-4,6H2. The van der Waals surface area contributed by atoms with Crippen LogP contribution in [-0.2, 0) is 9.05 Å². The molecule has 0 bridgehead atoms. The van der Waals surface area contributed by atoms with Crippen molar-refractivity contribution in [3.05, 3.63) is 18.3 Å². The van der Waals surface area contributed by atoms with Crippen molar-refractivity contribution in [3.8, 4) is 5.88 Å². The molecule has 0 spiro atoms. The predicted octanol–water partition coefficient (Wildman–Crippen LogP) is 1.80. The van der Waals surface area contributed by atoms with Gasteiger partial charge in [-0.3, -0.25) is 0 Å². The van der Waals surface area contributed by atoms with Gasteiger partial charge in [-0.1, -0.05) is 0 Å². The molecule has 0 aromatic carbocycles. The van der Waals surface area contributed by atoms with E-state index >= 15 is 0 Å². The first-order chi connectivity index (χ1) is 7.07. The van der Waals surface area contributed by atoms with E-state index in [4.69, 9.17) is 15.4 Å². The summed E-state index contributed by atoms with van der Waals surface area (Å²) in [5.74, 6) is 0.636. The zero-order valence-electron chi connectivity index (χ0n) is 7.89. The lowest BCUT2D eigenvalue weighted by Crippen LogP contribution is -2.04. The van der Waals surface area contributed by atoms with Crippen LogP contribution in [0.15, 0.2) is 23.2 Å². The molecule has 0 saturated heterocycles. The molecule has 1 aromatic rings. The predicted molar refractivity (Wildman–Crippen MR) is 55.5 cm³/mol. The molecule has 1 fully saturated rings. The molecule has 15 heavy (non-hydrogen) atoms. The van der Waals surface area contributed by atoms with Gasteiger partial charge in [-0.05, 0) is 30.9 Å². The molecule has 1 aromatic heterocycles. The number of ether oxygens (including phenoxy) is 1. The maximum atomic E-state index is 11.2. The van der Waals surface area contributed by atoms with Gasteiger partial charge in [0, 0.05) is 16.9 Å². The molecule has 0 atom stereocenters. The fourth-order valence-corrected chi connectivity index (χ4v) is 2.06. The molecule has 4 nitrogen and oxygen atoms in total. The Kier molecular flexibility index (Phi) is 2.84. The van der Waals surface area contributed by atoms with E-state index in [1.807, 2.05) is 0 Å². The summed E-state index contributed by atoms with van der Waals surface area (Å²) in [6, 6.07) is 2.90. The van der Waals surface area contributed by atoms with Gasteiger partial charge < -0.3 is 4.74 Å². The molecular weight excluding hydrogens is 238 g/mol. The fraction of sp³-hybridized carbons (Fsp3) is 0.444. The van der Waals surface area contributed by atoms with Crippen molar-refractivity contribution >= 4 is 19.7 Å². The molecule has 0 aliphatic heterocycles. The highest BCUT2D eigenvalue weighted by atomic mass is 35.7. The van der Waals surface area contributed by atoms with Gasteiger partial charge in [0.15, 0.2) is 0 Å². The minimum atomic E-state index is -3.78. The van der Waals surface area contributed by atoms with E-state index in [0.717, 1.165) is 12.8 Å². The summed E-state index contributed by atoms with van der Waals surface area (Å²) >= 11 is 0. The largest absolute Gasteiger partial charge is 0.476 e. The number of hydrogen-bond donors (Lipinski definition) is 0. The second kappa shape index (κ2) is 3.98. The van der Waals surface area contributed by atoms with Crippen LogP contribution in [0.2, 0.25) is 0 Å². The first kappa shape index (κ1) is 10.7. The third kappa shape index (κ3) is 2.82. The summed E-state index contributed by atoms with van der Waals surface area (Å²) < 4.78 is 27.6. The molecule has 2 rings (SSSR count). The minimum Gasteiger partial charge on any atom is -0.476 e. The van der Waals surface area contributed by atoms with E-state index in [-0.39, 0.29) is 10.8 Å². The number of halogens is 1. The minimum absolute atomic E-state index is 0.0627. The summed E-state index contributed by atoms with van der Waals surface area (Å²) in [5.41, 5.74) is 0. The Labute approximate surface area is 92.7 Å². The molecule has 1 aliphatic carbocycles. The number of hydrogen-bond acceptors (Lipinski definition) is 4. The molecule has 82 valence electrons. The maximum absolute atomic E-state index is 11.2. The van der Waals surface area contributed by atoms with Crippen molar-refractivity contribution < 1.29 is 13.2 Å². The van der Waals surface area contributed by atoms with Gasteiger partial charge in [-0.25, -0.2) is 13.4 Å². The average Bonchev–Trinajstić information content (AvgIpc) is 2.97. The summed E-state index contributed by atoms with van der Waals surface area (Å²) in [4.78, 5) is 3.80. The Morgan fingerprint density at radius 1 is 1.53 bits per heavy atom. The van der Waals surface area contributed by atoms with Gasteiger partial charge in [-0.15, -0.1) is 0 Å². The van der Waals surface area contributed by atoms with Gasteiger partial charge in [0.25, 0.3) is 9.05 Å². The van der Waals surface area contributed by atoms with Crippen molar-refractivity contribution in [2.45, 2.75) is 17.7 Å². The number of rotatable bonds is 4. The van der Waals surface area contributed by atoms with E-state index in [0.29, 0.717) is 12.5 Å². The number of nitrogens with zero attached hydrogens (tertiary/aromatic N) is 1. The third-order valence-corrected chi connectivity index (χ3v) is 3.49. The van der Waals surface area contributed by atoms with Gasteiger partial charge in [-0.2, -0.15) is 0 Å². The topological polar surface area (TPSA) is 56.3 Å². The molecule has 0 N–H and O–H groups in total. The molecule has 1 aliphatic rings. The van der Waals surface area contributed by atoms with Crippen LogP contribution in [-0.4, -0.2) is 20.0 Å². The second-order valence-corrected chi connectivity index (χ2v) is 6.03. The first-order valence-electron chi connectivity index (χ1n) is 4.60. The van der Waals surface area contributed by atoms with E-state index in [2.05, 4.69) is 4.98 Å². The van der Waals surface area contributed by atoms with Crippen LogP contribution in [0.1, 0.15) is 12.8 Å². The van der Waals surface area contributed by atoms with Crippen molar-refractivity contribution in [1.29, 1.82) is 0 Å². The molecule has 0 radical (unpaired) electrons. The Morgan fingerprint density at radius 2 is 2.27 bits per heavy atom. The summed E-state index contributed by atoms with van der Waals surface area (Å²) in [6.07, 6.45) is 3.75. The smallest absolute Gasteiger partial charge is 0.266 e. The lowest BCUT2D eigenvalue weighted by atomic mass is 10.4. The Morgan fingerprint density at radius 3 is 2.87 bits per heavy atom. The van der Waals surface area contributed by atoms with Crippen LogP contribution in [0.5, 0.6) is 5.88 Å². The summed E-state index contributed by atoms with van der Waals surface area (Å²) in [6.45, 7) is 0.510. The van der Waals surface area contributed by atoms with Crippen LogP contribution in [0.4, 0.5) is 0 Å². The molecule has 0 amide bonds. The van der Waals surface area contributed by atoms with Crippen LogP contribution in [0.25, 0.3) is 0 Å². The fourth-order valence-electron chi connectivity index (χ4n) is 1.15. The number of pyridine rings is 1. The van der Waals surface area contributed by atoms with E-state index in [9.17, 15) is 8.42 Å². The Balaban J connectivity index is 2.20. The van der Waals surface area contributed by atoms with Crippen molar-refractivity contribution in [3.63, 3.8) is 0 Å². The quantitative estimate of drug-likeness (QED) is 0.762. The van der Waals surface area contributed by atoms with Crippen LogP contribution < -0.4 is 4.74 Å². The Hall–Kier alpha value is -0.810. The zero-order valence-corrected chi connectivity index (χ0v) is 9.46. The molecular formula is C9H10ClNO3S. The normalized spacial score (nSPS) is 16.3. The first-order valence-corrected chi connectivity index (χ1v) is 6.91. The van der Waals surface area contributed by atoms with Gasteiger partial charge in [0.05, 0.1) is 6.61 Å².